The van der Waals surface area contributed by atoms with Gasteiger partial charge in [-0.05, 0) is 55.4 Å². The van der Waals surface area contributed by atoms with Crippen LogP contribution < -0.4 is 0 Å². The molecule has 28 heavy (non-hydrogen) atoms. The minimum absolute atomic E-state index is 0.0517. The van der Waals surface area contributed by atoms with E-state index in [-0.39, 0.29) is 24.3 Å². The lowest BCUT2D eigenvalue weighted by Crippen LogP contribution is -2.34. The summed E-state index contributed by atoms with van der Waals surface area (Å²) in [6.07, 6.45) is 6.66. The average Bonchev–Trinajstić information content (AvgIpc) is 2.87. The predicted octanol–water partition coefficient (Wildman–Crippen LogP) is 3.73. The lowest BCUT2D eigenvalue weighted by molar-refractivity contribution is -0.508. The van der Waals surface area contributed by atoms with Gasteiger partial charge in [0.05, 0.1) is 0 Å². The molecule has 0 aromatic rings. The zero-order valence-electron chi connectivity index (χ0n) is 17.4. The standard InChI is InChI=1S/C21H33NO6/c1-14(2)17-10-9-15(3)12-18(17)26-28-27-20(24)8-6-5-7-11-22-19(23)13-16(4)21(22)25/h13-15,17-18H,5-12H2,1-4H3. The van der Waals surface area contributed by atoms with E-state index in [9.17, 15) is 14.4 Å². The molecule has 158 valence electrons. The minimum Gasteiger partial charge on any atom is -0.275 e. The van der Waals surface area contributed by atoms with Crippen molar-refractivity contribution in [3.05, 3.63) is 11.6 Å². The normalized spacial score (nSPS) is 25.4. The van der Waals surface area contributed by atoms with E-state index >= 15 is 0 Å². The number of hydrogen-bond donors (Lipinski definition) is 0. The van der Waals surface area contributed by atoms with Crippen molar-refractivity contribution in [2.45, 2.75) is 78.7 Å². The van der Waals surface area contributed by atoms with Crippen LogP contribution in [-0.2, 0) is 29.2 Å². The van der Waals surface area contributed by atoms with E-state index in [0.29, 0.717) is 49.1 Å². The quantitative estimate of drug-likeness (QED) is 0.243. The number of amides is 2. The van der Waals surface area contributed by atoms with E-state index in [2.05, 4.69) is 20.8 Å². The monoisotopic (exact) mass is 395 g/mol. The minimum atomic E-state index is -0.476. The van der Waals surface area contributed by atoms with Crippen molar-refractivity contribution in [2.75, 3.05) is 6.54 Å². The second kappa shape index (κ2) is 10.7. The Hall–Kier alpha value is -1.73. The molecule has 7 nitrogen and oxygen atoms in total. The molecule has 2 amide bonds. The van der Waals surface area contributed by atoms with E-state index in [4.69, 9.17) is 14.8 Å². The zero-order valence-corrected chi connectivity index (χ0v) is 17.4. The number of carbonyl (C=O) groups is 3. The molecule has 1 aliphatic carbocycles. The van der Waals surface area contributed by atoms with E-state index in [1.807, 2.05) is 0 Å². The van der Waals surface area contributed by atoms with Gasteiger partial charge < -0.3 is 0 Å². The second-order valence-electron chi connectivity index (χ2n) is 8.42. The van der Waals surface area contributed by atoms with E-state index < -0.39 is 5.97 Å². The fourth-order valence-corrected chi connectivity index (χ4v) is 3.94. The molecule has 0 N–H and O–H groups in total. The highest BCUT2D eigenvalue weighted by molar-refractivity contribution is 6.15. The topological polar surface area (TPSA) is 82.1 Å². The van der Waals surface area contributed by atoms with Crippen LogP contribution in [0.1, 0.15) is 72.6 Å². The van der Waals surface area contributed by atoms with Crippen LogP contribution in [0.4, 0.5) is 0 Å². The van der Waals surface area contributed by atoms with Crippen molar-refractivity contribution < 1.29 is 29.2 Å². The Kier molecular flexibility index (Phi) is 8.63. The molecule has 0 saturated heterocycles. The molecule has 0 bridgehead atoms. The number of hydrogen-bond acceptors (Lipinski definition) is 6. The summed E-state index contributed by atoms with van der Waals surface area (Å²) in [6.45, 7) is 8.54. The fourth-order valence-electron chi connectivity index (χ4n) is 3.94. The molecular weight excluding hydrogens is 362 g/mol. The summed E-state index contributed by atoms with van der Waals surface area (Å²) < 4.78 is 0. The van der Waals surface area contributed by atoms with Crippen molar-refractivity contribution >= 4 is 17.8 Å². The largest absolute Gasteiger partial charge is 0.345 e. The van der Waals surface area contributed by atoms with Gasteiger partial charge in [0, 0.05) is 24.6 Å². The van der Waals surface area contributed by atoms with Crippen LogP contribution in [0, 0.1) is 17.8 Å². The van der Waals surface area contributed by atoms with E-state index in [1.54, 1.807) is 6.92 Å². The molecule has 1 heterocycles. The summed E-state index contributed by atoms with van der Waals surface area (Å²) in [7, 11) is 0. The van der Waals surface area contributed by atoms with Gasteiger partial charge in [0.1, 0.15) is 6.10 Å². The average molecular weight is 395 g/mol. The van der Waals surface area contributed by atoms with Crippen molar-refractivity contribution in [3.8, 4) is 0 Å². The number of nitrogens with zero attached hydrogens (tertiary/aromatic N) is 1. The van der Waals surface area contributed by atoms with Gasteiger partial charge in [-0.15, -0.1) is 0 Å². The summed E-state index contributed by atoms with van der Waals surface area (Å²) in [5.74, 6) is 0.508. The van der Waals surface area contributed by atoms with Crippen LogP contribution >= 0.6 is 0 Å². The Bertz CT molecular complexity index is 600. The maximum absolute atomic E-state index is 11.8. The third-order valence-corrected chi connectivity index (χ3v) is 5.70. The molecule has 1 aliphatic heterocycles. The lowest BCUT2D eigenvalue weighted by atomic mass is 9.75. The Labute approximate surface area is 167 Å². The van der Waals surface area contributed by atoms with Gasteiger partial charge in [0.2, 0.25) is 0 Å². The number of imide groups is 1. The van der Waals surface area contributed by atoms with Gasteiger partial charge in [-0.25, -0.2) is 4.79 Å². The van der Waals surface area contributed by atoms with E-state index in [1.165, 1.54) is 17.4 Å². The first kappa shape index (κ1) is 22.6. The molecule has 1 fully saturated rings. The Balaban J connectivity index is 1.56. The SMILES string of the molecule is CC1=CC(=O)N(CCCCCC(=O)OOOC2CC(C)CCC2C(C)C)C1=O. The van der Waals surface area contributed by atoms with Gasteiger partial charge in [0.25, 0.3) is 11.8 Å². The van der Waals surface area contributed by atoms with Gasteiger partial charge in [-0.1, -0.05) is 33.6 Å². The van der Waals surface area contributed by atoms with Crippen molar-refractivity contribution in [2.24, 2.45) is 17.8 Å². The van der Waals surface area contributed by atoms with Gasteiger partial charge >= 0.3 is 5.97 Å². The summed E-state index contributed by atoms with van der Waals surface area (Å²) >= 11 is 0. The molecule has 2 rings (SSSR count). The highest BCUT2D eigenvalue weighted by atomic mass is 17.5. The molecule has 0 radical (unpaired) electrons. The number of carbonyl (C=O) groups excluding carboxylic acids is 3. The molecule has 7 heteroatoms. The van der Waals surface area contributed by atoms with Crippen molar-refractivity contribution in [3.63, 3.8) is 0 Å². The van der Waals surface area contributed by atoms with Gasteiger partial charge in [-0.2, -0.15) is 4.89 Å². The maximum Gasteiger partial charge on any atom is 0.345 e. The molecule has 0 spiro atoms. The molecule has 2 aliphatic rings. The second-order valence-corrected chi connectivity index (χ2v) is 8.42. The van der Waals surface area contributed by atoms with Crippen LogP contribution in [-0.4, -0.2) is 35.3 Å². The van der Waals surface area contributed by atoms with Crippen LogP contribution in [0.15, 0.2) is 11.6 Å². The van der Waals surface area contributed by atoms with E-state index in [0.717, 1.165) is 12.8 Å². The fraction of sp³-hybridized carbons (Fsp3) is 0.762. The smallest absolute Gasteiger partial charge is 0.275 e. The lowest BCUT2D eigenvalue weighted by Gasteiger charge is -2.35. The van der Waals surface area contributed by atoms with Gasteiger partial charge in [-0.3, -0.25) is 19.4 Å². The molecule has 0 aromatic carbocycles. The third-order valence-electron chi connectivity index (χ3n) is 5.70. The summed E-state index contributed by atoms with van der Waals surface area (Å²) in [6, 6.07) is 0. The first-order valence-corrected chi connectivity index (χ1v) is 10.4. The van der Waals surface area contributed by atoms with Crippen LogP contribution in [0.5, 0.6) is 0 Å². The first-order valence-electron chi connectivity index (χ1n) is 10.4. The summed E-state index contributed by atoms with van der Waals surface area (Å²) in [5.41, 5.74) is 0.470. The Morgan fingerprint density at radius 2 is 1.96 bits per heavy atom. The molecule has 1 saturated carbocycles. The third kappa shape index (κ3) is 6.41. The Morgan fingerprint density at radius 3 is 2.61 bits per heavy atom. The van der Waals surface area contributed by atoms with Crippen LogP contribution in [0.2, 0.25) is 0 Å². The molecule has 3 atom stereocenters. The van der Waals surface area contributed by atoms with Crippen molar-refractivity contribution in [1.82, 2.24) is 4.90 Å². The molecule has 3 unspecified atom stereocenters. The highest BCUT2D eigenvalue weighted by Gasteiger charge is 2.33. The van der Waals surface area contributed by atoms with Gasteiger partial charge in [0.15, 0.2) is 0 Å². The maximum atomic E-state index is 11.8. The number of unbranched alkanes of at least 4 members (excludes halogenated alkanes) is 2. The van der Waals surface area contributed by atoms with Crippen LogP contribution in [0.3, 0.4) is 0 Å². The predicted molar refractivity (Wildman–Crippen MR) is 102 cm³/mol. The summed E-state index contributed by atoms with van der Waals surface area (Å²) in [4.78, 5) is 46.5. The first-order chi connectivity index (χ1) is 13.3. The zero-order chi connectivity index (χ0) is 20.7. The summed E-state index contributed by atoms with van der Waals surface area (Å²) in [5, 5.41) is 4.79. The van der Waals surface area contributed by atoms with Crippen LogP contribution in [0.25, 0.3) is 0 Å². The highest BCUT2D eigenvalue weighted by Crippen LogP contribution is 2.35. The molecule has 0 aromatic heterocycles. The molecular formula is C21H33NO6. The van der Waals surface area contributed by atoms with Crippen molar-refractivity contribution in [1.29, 1.82) is 0 Å². The Morgan fingerprint density at radius 1 is 1.21 bits per heavy atom. The number of rotatable bonds is 10.